The number of hydrogen-bond acceptors (Lipinski definition) is 6. The van der Waals surface area contributed by atoms with Crippen LogP contribution in [0.25, 0.3) is 0 Å². The van der Waals surface area contributed by atoms with Crippen molar-refractivity contribution < 1.29 is 22.7 Å². The maximum absolute atomic E-state index is 12.2. The van der Waals surface area contributed by atoms with Crippen LogP contribution in [0.1, 0.15) is 19.8 Å². The maximum Gasteiger partial charge on any atom is 0.253 e. The molecule has 2 amide bonds. The molecule has 0 spiro atoms. The first-order valence-corrected chi connectivity index (χ1v) is 10.5. The fourth-order valence-electron chi connectivity index (χ4n) is 2.39. The SMILES string of the molecule is CC(=O)Nc1ccc(S(=O)(=O)NCC(=O)NNC(=S)NC[C@@H]2CCCO2)cc1. The molecule has 2 rings (SSSR count). The van der Waals surface area contributed by atoms with Crippen LogP contribution in [0.15, 0.2) is 29.2 Å². The molecule has 1 aliphatic rings. The molecule has 0 aromatic heterocycles. The number of thiocarbonyl (C=S) groups is 1. The number of nitrogens with one attached hydrogen (secondary N) is 5. The van der Waals surface area contributed by atoms with Crippen molar-refractivity contribution in [1.29, 1.82) is 0 Å². The molecule has 5 N–H and O–H groups in total. The molecule has 10 nitrogen and oxygen atoms in total. The van der Waals surface area contributed by atoms with E-state index in [1.165, 1.54) is 31.2 Å². The molecule has 1 fully saturated rings. The van der Waals surface area contributed by atoms with Gasteiger partial charge >= 0.3 is 0 Å². The highest BCUT2D eigenvalue weighted by Crippen LogP contribution is 2.13. The normalized spacial score (nSPS) is 16.2. The van der Waals surface area contributed by atoms with E-state index in [0.717, 1.165) is 19.4 Å². The van der Waals surface area contributed by atoms with Gasteiger partial charge in [0, 0.05) is 25.8 Å². The van der Waals surface area contributed by atoms with E-state index in [1.807, 2.05) is 0 Å². The highest BCUT2D eigenvalue weighted by atomic mass is 32.2. The van der Waals surface area contributed by atoms with Gasteiger partial charge < -0.3 is 15.4 Å². The van der Waals surface area contributed by atoms with Crippen molar-refractivity contribution in [2.24, 2.45) is 0 Å². The molecule has 1 aliphatic heterocycles. The molecule has 0 aliphatic carbocycles. The van der Waals surface area contributed by atoms with Gasteiger partial charge in [0.25, 0.3) is 5.91 Å². The zero-order valence-corrected chi connectivity index (χ0v) is 16.9. The van der Waals surface area contributed by atoms with E-state index in [9.17, 15) is 18.0 Å². The largest absolute Gasteiger partial charge is 0.376 e. The van der Waals surface area contributed by atoms with Gasteiger partial charge in [-0.2, -0.15) is 0 Å². The predicted molar refractivity (Wildman–Crippen MR) is 107 cm³/mol. The molecule has 0 bridgehead atoms. The summed E-state index contributed by atoms with van der Waals surface area (Å²) in [6.07, 6.45) is 2.06. The molecule has 0 saturated carbocycles. The smallest absolute Gasteiger partial charge is 0.253 e. The van der Waals surface area contributed by atoms with Gasteiger partial charge in [-0.1, -0.05) is 0 Å². The van der Waals surface area contributed by atoms with Crippen LogP contribution in [0.3, 0.4) is 0 Å². The third-order valence-corrected chi connectivity index (χ3v) is 5.40. The van der Waals surface area contributed by atoms with Gasteiger partial charge in [0.15, 0.2) is 5.11 Å². The van der Waals surface area contributed by atoms with Crippen molar-refractivity contribution in [1.82, 2.24) is 20.9 Å². The molecular formula is C16H23N5O5S2. The Hall–Kier alpha value is -2.28. The Morgan fingerprint density at radius 3 is 2.54 bits per heavy atom. The summed E-state index contributed by atoms with van der Waals surface area (Å²) in [5.74, 6) is -0.874. The van der Waals surface area contributed by atoms with Crippen molar-refractivity contribution in [2.75, 3.05) is 25.0 Å². The second-order valence-electron chi connectivity index (χ2n) is 6.05. The molecule has 1 saturated heterocycles. The fraction of sp³-hybridized carbons (Fsp3) is 0.438. The summed E-state index contributed by atoms with van der Waals surface area (Å²) in [4.78, 5) is 22.7. The van der Waals surface area contributed by atoms with Crippen molar-refractivity contribution in [2.45, 2.75) is 30.8 Å². The van der Waals surface area contributed by atoms with E-state index in [4.69, 9.17) is 17.0 Å². The van der Waals surface area contributed by atoms with E-state index >= 15 is 0 Å². The van der Waals surface area contributed by atoms with Gasteiger partial charge in [0.1, 0.15) is 0 Å². The zero-order valence-electron chi connectivity index (χ0n) is 15.3. The van der Waals surface area contributed by atoms with E-state index in [1.54, 1.807) is 0 Å². The topological polar surface area (TPSA) is 138 Å². The number of anilines is 1. The van der Waals surface area contributed by atoms with Crippen LogP contribution in [0.2, 0.25) is 0 Å². The Kier molecular flexibility index (Phi) is 8.11. The van der Waals surface area contributed by atoms with Gasteiger partial charge in [-0.15, -0.1) is 0 Å². The van der Waals surface area contributed by atoms with Gasteiger partial charge in [-0.3, -0.25) is 20.4 Å². The fourth-order valence-corrected chi connectivity index (χ4v) is 3.51. The Labute approximate surface area is 168 Å². The lowest BCUT2D eigenvalue weighted by Crippen LogP contribution is -2.50. The lowest BCUT2D eigenvalue weighted by atomic mass is 10.2. The average Bonchev–Trinajstić information content (AvgIpc) is 3.16. The summed E-state index contributed by atoms with van der Waals surface area (Å²) in [6.45, 7) is 2.14. The van der Waals surface area contributed by atoms with Gasteiger partial charge in [0.05, 0.1) is 17.5 Å². The van der Waals surface area contributed by atoms with Crippen LogP contribution < -0.4 is 26.2 Å². The van der Waals surface area contributed by atoms with E-state index in [-0.39, 0.29) is 22.0 Å². The monoisotopic (exact) mass is 429 g/mol. The molecule has 1 heterocycles. The first kappa shape index (κ1) is 22.0. The third-order valence-electron chi connectivity index (χ3n) is 3.74. The van der Waals surface area contributed by atoms with Crippen molar-refractivity contribution in [3.8, 4) is 0 Å². The second kappa shape index (κ2) is 10.3. The number of hydrogen-bond donors (Lipinski definition) is 5. The van der Waals surface area contributed by atoms with Crippen LogP contribution in [0.5, 0.6) is 0 Å². The standard InChI is InChI=1S/C16H23N5O5S2/c1-11(22)19-12-4-6-14(7-5-12)28(24,25)18-10-15(23)20-21-16(27)17-9-13-3-2-8-26-13/h4-7,13,18H,2-3,8-10H2,1H3,(H,19,22)(H,20,23)(H2,17,21,27)/t13-/m0/s1. The summed E-state index contributed by atoms with van der Waals surface area (Å²) in [6, 6.07) is 5.56. The minimum atomic E-state index is -3.88. The molecule has 0 unspecified atom stereocenters. The Morgan fingerprint density at radius 2 is 1.93 bits per heavy atom. The number of hydrazine groups is 1. The number of sulfonamides is 1. The van der Waals surface area contributed by atoms with Gasteiger partial charge in [-0.05, 0) is 49.3 Å². The number of carbonyl (C=O) groups excluding carboxylic acids is 2. The summed E-state index contributed by atoms with van der Waals surface area (Å²) >= 11 is 5.02. The van der Waals surface area contributed by atoms with E-state index in [2.05, 4.69) is 26.2 Å². The third kappa shape index (κ3) is 7.38. The minimum absolute atomic E-state index is 0.0314. The molecule has 0 radical (unpaired) electrons. The zero-order chi connectivity index (χ0) is 20.6. The van der Waals surface area contributed by atoms with Crippen LogP contribution in [0.4, 0.5) is 5.69 Å². The van der Waals surface area contributed by atoms with Crippen LogP contribution in [0, 0.1) is 0 Å². The van der Waals surface area contributed by atoms with E-state index in [0.29, 0.717) is 12.2 Å². The van der Waals surface area contributed by atoms with Gasteiger partial charge in [-0.25, -0.2) is 13.1 Å². The Balaban J connectivity index is 1.72. The highest BCUT2D eigenvalue weighted by molar-refractivity contribution is 7.89. The quantitative estimate of drug-likeness (QED) is 0.292. The van der Waals surface area contributed by atoms with Crippen molar-refractivity contribution in [3.63, 3.8) is 0 Å². The van der Waals surface area contributed by atoms with Crippen molar-refractivity contribution >= 4 is 44.9 Å². The lowest BCUT2D eigenvalue weighted by molar-refractivity contribution is -0.120. The molecular weight excluding hydrogens is 406 g/mol. The minimum Gasteiger partial charge on any atom is -0.376 e. The summed E-state index contributed by atoms with van der Waals surface area (Å²) in [5, 5.41) is 5.65. The summed E-state index contributed by atoms with van der Waals surface area (Å²) in [5.41, 5.74) is 5.27. The van der Waals surface area contributed by atoms with Gasteiger partial charge in [0.2, 0.25) is 15.9 Å². The molecule has 28 heavy (non-hydrogen) atoms. The summed E-state index contributed by atoms with van der Waals surface area (Å²) in [7, 11) is -3.88. The van der Waals surface area contributed by atoms with Crippen molar-refractivity contribution in [3.05, 3.63) is 24.3 Å². The molecule has 12 heteroatoms. The molecule has 1 atom stereocenters. The number of amides is 2. The first-order chi connectivity index (χ1) is 13.3. The number of ether oxygens (including phenoxy) is 1. The second-order valence-corrected chi connectivity index (χ2v) is 8.22. The molecule has 154 valence electrons. The van der Waals surface area contributed by atoms with E-state index < -0.39 is 22.5 Å². The maximum atomic E-state index is 12.2. The number of rotatable bonds is 7. The lowest BCUT2D eigenvalue weighted by Gasteiger charge is -2.14. The molecule has 1 aromatic rings. The predicted octanol–water partition coefficient (Wildman–Crippen LogP) is -0.402. The average molecular weight is 430 g/mol. The van der Waals surface area contributed by atoms with Crippen LogP contribution in [-0.2, 0) is 24.3 Å². The number of benzene rings is 1. The highest BCUT2D eigenvalue weighted by Gasteiger charge is 2.17. The number of carbonyl (C=O) groups is 2. The summed E-state index contributed by atoms with van der Waals surface area (Å²) < 4.78 is 32.0. The first-order valence-electron chi connectivity index (χ1n) is 8.58. The molecule has 1 aromatic carbocycles. The Bertz CT molecular complexity index is 807. The van der Waals surface area contributed by atoms with Crippen LogP contribution >= 0.6 is 12.2 Å². The van der Waals surface area contributed by atoms with Crippen LogP contribution in [-0.4, -0.2) is 51.1 Å². The Morgan fingerprint density at radius 1 is 1.21 bits per heavy atom.